The monoisotopic (exact) mass is 302 g/mol. The molecule has 0 radical (unpaired) electrons. The number of benzene rings is 1. The molecule has 3 rings (SSSR count). The van der Waals surface area contributed by atoms with Gasteiger partial charge >= 0.3 is 7.12 Å². The molecule has 0 amide bonds. The van der Waals surface area contributed by atoms with Crippen molar-refractivity contribution in [3.05, 3.63) is 24.4 Å². The van der Waals surface area contributed by atoms with Crippen LogP contribution in [-0.2, 0) is 15.9 Å². The third-order valence-corrected chi connectivity index (χ3v) is 4.55. The van der Waals surface area contributed by atoms with Crippen molar-refractivity contribution in [3.8, 4) is 0 Å². The number of hydrogen-bond donors (Lipinski definition) is 1. The van der Waals surface area contributed by atoms with Crippen LogP contribution in [0, 0.1) is 0 Å². The fourth-order valence-electron chi connectivity index (χ4n) is 2.59. The molecule has 1 aliphatic heterocycles. The summed E-state index contributed by atoms with van der Waals surface area (Å²) < 4.78 is 13.9. The summed E-state index contributed by atoms with van der Waals surface area (Å²) in [5.74, 6) is 0. The maximum absolute atomic E-state index is 9.47. The third kappa shape index (κ3) is 2.66. The van der Waals surface area contributed by atoms with E-state index < -0.39 is 6.10 Å². The molecule has 1 N–H and O–H groups in total. The standard InChI is InChI=1S/C16H23BN2O3/c1-11(20)9-19-10-12-8-13(6-7-14(12)18-19)17-21-15(2,3)16(4,5)22-17/h6-8,10-11,20H,9H2,1-5H3. The normalized spacial score (nSPS) is 21.5. The quantitative estimate of drug-likeness (QED) is 0.877. The number of hydrogen-bond acceptors (Lipinski definition) is 4. The number of fused-ring (bicyclic) bond motifs is 1. The molecule has 118 valence electrons. The first-order chi connectivity index (χ1) is 10.2. The van der Waals surface area contributed by atoms with Crippen LogP contribution in [0.4, 0.5) is 0 Å². The minimum absolute atomic E-state index is 0.344. The highest BCUT2D eigenvalue weighted by Gasteiger charge is 2.51. The van der Waals surface area contributed by atoms with Gasteiger partial charge in [0, 0.05) is 11.6 Å². The summed E-state index contributed by atoms with van der Waals surface area (Å²) in [7, 11) is -0.366. The van der Waals surface area contributed by atoms with Crippen LogP contribution in [0.1, 0.15) is 34.6 Å². The van der Waals surface area contributed by atoms with Gasteiger partial charge in [-0.15, -0.1) is 0 Å². The second-order valence-corrected chi connectivity index (χ2v) is 7.11. The molecule has 6 heteroatoms. The second kappa shape index (κ2) is 5.08. The van der Waals surface area contributed by atoms with Crippen molar-refractivity contribution in [2.75, 3.05) is 0 Å². The van der Waals surface area contributed by atoms with Crippen molar-refractivity contribution in [3.63, 3.8) is 0 Å². The van der Waals surface area contributed by atoms with Crippen molar-refractivity contribution < 1.29 is 14.4 Å². The molecule has 0 bridgehead atoms. The second-order valence-electron chi connectivity index (χ2n) is 7.11. The zero-order valence-electron chi connectivity index (χ0n) is 13.8. The molecule has 1 unspecified atom stereocenters. The molecule has 1 aromatic heterocycles. The van der Waals surface area contributed by atoms with Gasteiger partial charge in [0.15, 0.2) is 0 Å². The largest absolute Gasteiger partial charge is 0.494 e. The average Bonchev–Trinajstić information content (AvgIpc) is 2.85. The molecule has 0 spiro atoms. The van der Waals surface area contributed by atoms with Gasteiger partial charge in [-0.2, -0.15) is 5.10 Å². The van der Waals surface area contributed by atoms with E-state index in [1.165, 1.54) is 0 Å². The van der Waals surface area contributed by atoms with Crippen LogP contribution in [0.5, 0.6) is 0 Å². The fraction of sp³-hybridized carbons (Fsp3) is 0.562. The minimum Gasteiger partial charge on any atom is -0.399 e. The van der Waals surface area contributed by atoms with Crippen molar-refractivity contribution in [1.29, 1.82) is 0 Å². The Labute approximate surface area is 131 Å². The summed E-state index contributed by atoms with van der Waals surface area (Å²) in [5, 5.41) is 14.9. The molecule has 5 nitrogen and oxygen atoms in total. The van der Waals surface area contributed by atoms with E-state index in [0.717, 1.165) is 16.4 Å². The van der Waals surface area contributed by atoms with Crippen LogP contribution in [0.25, 0.3) is 10.9 Å². The van der Waals surface area contributed by atoms with Crippen LogP contribution in [-0.4, -0.2) is 39.3 Å². The highest BCUT2D eigenvalue weighted by molar-refractivity contribution is 6.62. The number of aliphatic hydroxyl groups excluding tert-OH is 1. The molecule has 2 aromatic rings. The lowest BCUT2D eigenvalue weighted by Gasteiger charge is -2.32. The number of nitrogens with zero attached hydrogens (tertiary/aromatic N) is 2. The van der Waals surface area contributed by atoms with E-state index in [1.54, 1.807) is 11.6 Å². The highest BCUT2D eigenvalue weighted by atomic mass is 16.7. The van der Waals surface area contributed by atoms with E-state index in [2.05, 4.69) is 5.10 Å². The Balaban J connectivity index is 1.90. The molecule has 1 fully saturated rings. The Morgan fingerprint density at radius 2 is 1.86 bits per heavy atom. The van der Waals surface area contributed by atoms with E-state index in [-0.39, 0.29) is 18.3 Å². The van der Waals surface area contributed by atoms with Crippen molar-refractivity contribution >= 4 is 23.5 Å². The van der Waals surface area contributed by atoms with Crippen LogP contribution >= 0.6 is 0 Å². The van der Waals surface area contributed by atoms with Gasteiger partial charge in [-0.3, -0.25) is 4.68 Å². The van der Waals surface area contributed by atoms with Gasteiger partial charge in [0.1, 0.15) is 0 Å². The molecular formula is C16H23BN2O3. The van der Waals surface area contributed by atoms with Gasteiger partial charge in [0.25, 0.3) is 0 Å². The molecule has 2 heterocycles. The molecule has 0 saturated carbocycles. The maximum Gasteiger partial charge on any atom is 0.494 e. The molecule has 1 aliphatic rings. The molecule has 1 atom stereocenters. The minimum atomic E-state index is -0.420. The van der Waals surface area contributed by atoms with E-state index >= 15 is 0 Å². The van der Waals surface area contributed by atoms with Crippen molar-refractivity contribution in [2.24, 2.45) is 0 Å². The van der Waals surface area contributed by atoms with Gasteiger partial charge in [-0.05, 0) is 46.1 Å². The predicted octanol–water partition coefficient (Wildman–Crippen LogP) is 1.72. The first kappa shape index (κ1) is 15.5. The van der Waals surface area contributed by atoms with Crippen LogP contribution in [0.2, 0.25) is 0 Å². The van der Waals surface area contributed by atoms with Gasteiger partial charge in [0.05, 0.1) is 29.4 Å². The summed E-state index contributed by atoms with van der Waals surface area (Å²) in [6, 6.07) is 6.00. The van der Waals surface area contributed by atoms with Gasteiger partial charge in [0.2, 0.25) is 0 Å². The summed E-state index contributed by atoms with van der Waals surface area (Å²) in [6.45, 7) is 10.4. The molecular weight excluding hydrogens is 279 g/mol. The Morgan fingerprint density at radius 3 is 2.45 bits per heavy atom. The summed E-state index contributed by atoms with van der Waals surface area (Å²) in [5.41, 5.74) is 1.20. The molecule has 0 aliphatic carbocycles. The van der Waals surface area contributed by atoms with Crippen molar-refractivity contribution in [1.82, 2.24) is 9.78 Å². The highest BCUT2D eigenvalue weighted by Crippen LogP contribution is 2.36. The summed E-state index contributed by atoms with van der Waals surface area (Å²) >= 11 is 0. The summed E-state index contributed by atoms with van der Waals surface area (Å²) in [6.07, 6.45) is 1.52. The zero-order valence-corrected chi connectivity index (χ0v) is 13.8. The van der Waals surface area contributed by atoms with Gasteiger partial charge in [-0.1, -0.05) is 12.1 Å². The Morgan fingerprint density at radius 1 is 1.23 bits per heavy atom. The maximum atomic E-state index is 9.47. The predicted molar refractivity (Wildman–Crippen MR) is 87.1 cm³/mol. The van der Waals surface area contributed by atoms with Crippen LogP contribution in [0.15, 0.2) is 24.4 Å². The lowest BCUT2D eigenvalue weighted by Crippen LogP contribution is -2.41. The van der Waals surface area contributed by atoms with E-state index in [1.807, 2.05) is 52.1 Å². The van der Waals surface area contributed by atoms with Gasteiger partial charge < -0.3 is 14.4 Å². The smallest absolute Gasteiger partial charge is 0.399 e. The van der Waals surface area contributed by atoms with E-state index in [9.17, 15) is 5.11 Å². The number of aliphatic hydroxyl groups is 1. The number of rotatable bonds is 3. The van der Waals surface area contributed by atoms with Crippen LogP contribution in [0.3, 0.4) is 0 Å². The average molecular weight is 302 g/mol. The van der Waals surface area contributed by atoms with E-state index in [4.69, 9.17) is 9.31 Å². The third-order valence-electron chi connectivity index (χ3n) is 4.55. The molecule has 1 saturated heterocycles. The van der Waals surface area contributed by atoms with E-state index in [0.29, 0.717) is 6.54 Å². The first-order valence-corrected chi connectivity index (χ1v) is 7.69. The first-order valence-electron chi connectivity index (χ1n) is 7.69. The topological polar surface area (TPSA) is 56.5 Å². The lowest BCUT2D eigenvalue weighted by molar-refractivity contribution is 0.00578. The van der Waals surface area contributed by atoms with Gasteiger partial charge in [-0.25, -0.2) is 0 Å². The Kier molecular flexibility index (Phi) is 3.59. The lowest BCUT2D eigenvalue weighted by atomic mass is 9.79. The Bertz CT molecular complexity index is 678. The summed E-state index contributed by atoms with van der Waals surface area (Å²) in [4.78, 5) is 0. The SMILES string of the molecule is CC(O)Cn1cc2cc(B3OC(C)(C)C(C)(C)O3)ccc2n1. The molecule has 22 heavy (non-hydrogen) atoms. The fourth-order valence-corrected chi connectivity index (χ4v) is 2.59. The van der Waals surface area contributed by atoms with Crippen LogP contribution < -0.4 is 5.46 Å². The molecule has 1 aromatic carbocycles. The zero-order chi connectivity index (χ0) is 16.1. The van der Waals surface area contributed by atoms with Crippen molar-refractivity contribution in [2.45, 2.75) is 58.5 Å². The Hall–Kier alpha value is -1.37. The number of aromatic nitrogens is 2.